The van der Waals surface area contributed by atoms with Gasteiger partial charge in [-0.25, -0.2) is 9.59 Å². The van der Waals surface area contributed by atoms with Crippen LogP contribution in [0.3, 0.4) is 0 Å². The number of benzene rings is 3. The van der Waals surface area contributed by atoms with Gasteiger partial charge in [0.05, 0.1) is 18.8 Å². The van der Waals surface area contributed by atoms with Crippen molar-refractivity contribution < 1.29 is 33.3 Å². The molecule has 8 heteroatoms. The second-order valence-electron chi connectivity index (χ2n) is 9.58. The van der Waals surface area contributed by atoms with E-state index in [0.717, 1.165) is 36.5 Å². The van der Waals surface area contributed by atoms with Crippen LogP contribution in [0.15, 0.2) is 79.4 Å². The number of aryl methyl sites for hydroxylation is 1. The Morgan fingerprint density at radius 3 is 2.31 bits per heavy atom. The van der Waals surface area contributed by atoms with Crippen LogP contribution in [-0.4, -0.2) is 57.8 Å². The number of esters is 2. The summed E-state index contributed by atoms with van der Waals surface area (Å²) >= 11 is 0. The summed E-state index contributed by atoms with van der Waals surface area (Å²) in [6.45, 7) is 6.98. The predicted molar refractivity (Wildman–Crippen MR) is 163 cm³/mol. The molecule has 0 saturated carbocycles. The highest BCUT2D eigenvalue weighted by atomic mass is 16.6. The van der Waals surface area contributed by atoms with Gasteiger partial charge < -0.3 is 29.1 Å². The van der Waals surface area contributed by atoms with Gasteiger partial charge in [-0.3, -0.25) is 0 Å². The number of methoxy groups -OCH3 is 1. The van der Waals surface area contributed by atoms with E-state index >= 15 is 0 Å². The number of rotatable bonds is 18. The summed E-state index contributed by atoms with van der Waals surface area (Å²) in [5.41, 5.74) is 4.23. The van der Waals surface area contributed by atoms with E-state index in [4.69, 9.17) is 29.1 Å². The van der Waals surface area contributed by atoms with Gasteiger partial charge in [0.1, 0.15) is 24.2 Å². The van der Waals surface area contributed by atoms with Crippen molar-refractivity contribution in [1.29, 1.82) is 5.41 Å². The zero-order valence-electron chi connectivity index (χ0n) is 24.3. The van der Waals surface area contributed by atoms with Crippen molar-refractivity contribution in [3.8, 4) is 22.6 Å². The van der Waals surface area contributed by atoms with Crippen molar-refractivity contribution in [2.75, 3.05) is 33.5 Å². The van der Waals surface area contributed by atoms with E-state index in [1.54, 1.807) is 43.5 Å². The zero-order valence-corrected chi connectivity index (χ0v) is 24.3. The van der Waals surface area contributed by atoms with Crippen molar-refractivity contribution in [2.45, 2.75) is 38.7 Å². The molecule has 0 radical (unpaired) electrons. The van der Waals surface area contributed by atoms with E-state index in [1.807, 2.05) is 6.07 Å². The molecule has 0 aliphatic carbocycles. The minimum atomic E-state index is -0.503. The Bertz CT molecular complexity index is 1300. The first kappa shape index (κ1) is 32.2. The maximum Gasteiger partial charge on any atom is 0.343 e. The Morgan fingerprint density at radius 1 is 0.929 bits per heavy atom. The third-order valence-corrected chi connectivity index (χ3v) is 6.45. The van der Waals surface area contributed by atoms with Crippen LogP contribution in [-0.2, 0) is 25.4 Å². The Labute approximate surface area is 247 Å². The first-order valence-corrected chi connectivity index (χ1v) is 14.1. The van der Waals surface area contributed by atoms with Crippen molar-refractivity contribution in [3.05, 3.63) is 96.1 Å². The number of unbranched alkanes of at least 4 members (excludes halogenated alkanes) is 1. The number of carbonyl (C=O) groups excluding carboxylic acids is 2. The maximum absolute atomic E-state index is 12.8. The quantitative estimate of drug-likeness (QED) is 0.0614. The summed E-state index contributed by atoms with van der Waals surface area (Å²) in [6.07, 6.45) is 5.70. The molecular formula is C34H39NO7. The maximum atomic E-state index is 12.8. The number of nitrogens with one attached hydrogen (secondary N) is 1. The number of hydrogen-bond acceptors (Lipinski definition) is 8. The molecule has 0 aliphatic heterocycles. The molecule has 0 saturated heterocycles. The molecule has 0 heterocycles. The molecule has 0 amide bonds. The SMILES string of the molecule is C=CC(=O)OCCCCOCC(COc1ccc(C(=O)Oc2ccc(-c3ccc(CCC)cc3)c(C=N)c2)cc1)OC. The lowest BCUT2D eigenvalue weighted by Gasteiger charge is -2.16. The third-order valence-electron chi connectivity index (χ3n) is 6.45. The van der Waals surface area contributed by atoms with Crippen LogP contribution in [0.5, 0.6) is 11.5 Å². The highest BCUT2D eigenvalue weighted by Gasteiger charge is 2.13. The standard InChI is InChI=1S/C34H39NO7/c1-4-8-25-9-11-26(12-10-25)32-18-17-30(21-28(32)22-35)42-34(37)27-13-15-29(16-14-27)41-24-31(38-3)23-39-19-6-7-20-40-33(36)5-2/h5,9-18,21-22,31,35H,2,4,6-8,19-20,23-24H2,1,3H3. The average molecular weight is 574 g/mol. The van der Waals surface area contributed by atoms with Gasteiger partial charge in [-0.05, 0) is 72.4 Å². The first-order valence-electron chi connectivity index (χ1n) is 14.1. The lowest BCUT2D eigenvalue weighted by molar-refractivity contribution is -0.137. The lowest BCUT2D eigenvalue weighted by atomic mass is 9.98. The van der Waals surface area contributed by atoms with Crippen LogP contribution >= 0.6 is 0 Å². The van der Waals surface area contributed by atoms with Gasteiger partial charge in [-0.1, -0.05) is 50.3 Å². The summed E-state index contributed by atoms with van der Waals surface area (Å²) in [7, 11) is 1.59. The normalized spacial score (nSPS) is 11.4. The second-order valence-corrected chi connectivity index (χ2v) is 9.58. The van der Waals surface area contributed by atoms with E-state index in [2.05, 4.69) is 37.8 Å². The van der Waals surface area contributed by atoms with Gasteiger partial charge in [-0.15, -0.1) is 0 Å². The number of carbonyl (C=O) groups is 2. The van der Waals surface area contributed by atoms with Gasteiger partial charge in [0.2, 0.25) is 0 Å². The minimum absolute atomic E-state index is 0.270. The topological polar surface area (TPSA) is 104 Å². The van der Waals surface area contributed by atoms with Crippen molar-refractivity contribution in [2.24, 2.45) is 0 Å². The highest BCUT2D eigenvalue weighted by Crippen LogP contribution is 2.27. The molecule has 42 heavy (non-hydrogen) atoms. The smallest absolute Gasteiger partial charge is 0.343 e. The van der Waals surface area contributed by atoms with E-state index in [0.29, 0.717) is 48.9 Å². The molecule has 0 aliphatic rings. The molecule has 1 unspecified atom stereocenters. The van der Waals surface area contributed by atoms with Crippen molar-refractivity contribution in [1.82, 2.24) is 0 Å². The van der Waals surface area contributed by atoms with Crippen LogP contribution < -0.4 is 9.47 Å². The van der Waals surface area contributed by atoms with Crippen LogP contribution in [0.25, 0.3) is 11.1 Å². The van der Waals surface area contributed by atoms with Gasteiger partial charge >= 0.3 is 11.9 Å². The number of hydrogen-bond donors (Lipinski definition) is 1. The molecule has 0 fully saturated rings. The Morgan fingerprint density at radius 2 is 1.64 bits per heavy atom. The summed E-state index contributed by atoms with van der Waals surface area (Å²) in [6, 6.07) is 20.3. The molecule has 3 rings (SSSR count). The van der Waals surface area contributed by atoms with Gasteiger partial charge in [0, 0.05) is 31.6 Å². The first-order chi connectivity index (χ1) is 20.5. The summed E-state index contributed by atoms with van der Waals surface area (Å²) < 4.78 is 27.4. The van der Waals surface area contributed by atoms with Crippen LogP contribution in [0.2, 0.25) is 0 Å². The molecule has 222 valence electrons. The largest absolute Gasteiger partial charge is 0.491 e. The molecule has 0 aromatic heterocycles. The molecule has 3 aromatic carbocycles. The zero-order chi connectivity index (χ0) is 30.2. The fourth-order valence-corrected chi connectivity index (χ4v) is 4.11. The number of ether oxygens (including phenoxy) is 5. The molecule has 0 spiro atoms. The van der Waals surface area contributed by atoms with Crippen LogP contribution in [0, 0.1) is 5.41 Å². The van der Waals surface area contributed by atoms with Crippen molar-refractivity contribution in [3.63, 3.8) is 0 Å². The second kappa shape index (κ2) is 17.5. The Kier molecular flexibility index (Phi) is 13.5. The Balaban J connectivity index is 1.46. The molecule has 1 N–H and O–H groups in total. The summed E-state index contributed by atoms with van der Waals surface area (Å²) in [4.78, 5) is 23.8. The molecule has 8 nitrogen and oxygen atoms in total. The fourth-order valence-electron chi connectivity index (χ4n) is 4.11. The lowest BCUT2D eigenvalue weighted by Crippen LogP contribution is -2.26. The summed E-state index contributed by atoms with van der Waals surface area (Å²) in [5.74, 6) is 0.0186. The van der Waals surface area contributed by atoms with Crippen molar-refractivity contribution >= 4 is 18.2 Å². The molecular weight excluding hydrogens is 534 g/mol. The molecule has 0 bridgehead atoms. The van der Waals surface area contributed by atoms with Crippen LogP contribution in [0.4, 0.5) is 0 Å². The van der Waals surface area contributed by atoms with E-state index in [-0.39, 0.29) is 12.7 Å². The van der Waals surface area contributed by atoms with Gasteiger partial charge in [0.25, 0.3) is 0 Å². The van der Waals surface area contributed by atoms with Crippen LogP contribution in [0.1, 0.15) is 47.7 Å². The highest BCUT2D eigenvalue weighted by molar-refractivity contribution is 5.93. The fraction of sp³-hybridized carbons (Fsp3) is 0.324. The van der Waals surface area contributed by atoms with E-state index in [1.165, 1.54) is 11.8 Å². The third kappa shape index (κ3) is 10.3. The Hall–Kier alpha value is -4.27. The predicted octanol–water partition coefficient (Wildman–Crippen LogP) is 6.44. The van der Waals surface area contributed by atoms with Gasteiger partial charge in [-0.2, -0.15) is 0 Å². The molecule has 1 atom stereocenters. The van der Waals surface area contributed by atoms with E-state index in [9.17, 15) is 9.59 Å². The van der Waals surface area contributed by atoms with E-state index < -0.39 is 11.9 Å². The minimum Gasteiger partial charge on any atom is -0.491 e. The van der Waals surface area contributed by atoms with Gasteiger partial charge in [0.15, 0.2) is 0 Å². The average Bonchev–Trinajstić information content (AvgIpc) is 3.02. The monoisotopic (exact) mass is 573 g/mol. The summed E-state index contributed by atoms with van der Waals surface area (Å²) in [5, 5.41) is 7.87. The molecule has 3 aromatic rings.